The summed E-state index contributed by atoms with van der Waals surface area (Å²) in [7, 11) is -2.82. The Morgan fingerprint density at radius 3 is 2.83 bits per heavy atom. The molecule has 1 N–H and O–H groups in total. The summed E-state index contributed by atoms with van der Waals surface area (Å²) in [5.74, 6) is 2.18. The molecule has 0 spiro atoms. The van der Waals surface area contributed by atoms with Gasteiger partial charge in [0.2, 0.25) is 0 Å². The number of fused-ring (bicyclic) bond motifs is 3. The fourth-order valence-corrected chi connectivity index (χ4v) is 6.77. The highest BCUT2D eigenvalue weighted by atomic mass is 32.2. The number of anilines is 1. The second-order valence-corrected chi connectivity index (χ2v) is 11.3. The second-order valence-electron chi connectivity index (χ2n) is 7.95. The van der Waals surface area contributed by atoms with E-state index in [4.69, 9.17) is 9.97 Å². The summed E-state index contributed by atoms with van der Waals surface area (Å²) in [5, 5.41) is 4.74. The zero-order valence-corrected chi connectivity index (χ0v) is 18.4. The molecule has 0 amide bonds. The normalized spacial score (nSPS) is 18.5. The summed E-state index contributed by atoms with van der Waals surface area (Å²) >= 11 is 1.79. The predicted molar refractivity (Wildman–Crippen MR) is 121 cm³/mol. The molecule has 0 aromatic carbocycles. The monoisotopic (exact) mass is 443 g/mol. The van der Waals surface area contributed by atoms with Gasteiger partial charge in [-0.05, 0) is 49.9 Å². The van der Waals surface area contributed by atoms with Crippen molar-refractivity contribution in [3.63, 3.8) is 0 Å². The van der Waals surface area contributed by atoms with Gasteiger partial charge in [-0.2, -0.15) is 0 Å². The molecule has 3 aromatic rings. The van der Waals surface area contributed by atoms with Gasteiger partial charge in [-0.1, -0.05) is 0 Å². The molecular weight excluding hydrogens is 418 g/mol. The van der Waals surface area contributed by atoms with Crippen molar-refractivity contribution in [3.8, 4) is 11.4 Å². The first-order valence-electron chi connectivity index (χ1n) is 10.5. The third-order valence-corrected chi connectivity index (χ3v) is 8.66. The molecule has 0 saturated carbocycles. The summed E-state index contributed by atoms with van der Waals surface area (Å²) in [6.45, 7) is 2.98. The van der Waals surface area contributed by atoms with Gasteiger partial charge < -0.3 is 10.2 Å². The maximum absolute atomic E-state index is 11.6. The van der Waals surface area contributed by atoms with Crippen LogP contribution in [-0.4, -0.2) is 66.0 Å². The molecule has 7 nitrogen and oxygen atoms in total. The molecular formula is C21H25N5O2S2. The van der Waals surface area contributed by atoms with E-state index in [9.17, 15) is 8.42 Å². The van der Waals surface area contributed by atoms with Crippen LogP contribution < -0.4 is 5.32 Å². The number of hydrogen-bond donors (Lipinski definition) is 1. The van der Waals surface area contributed by atoms with Crippen LogP contribution in [0, 0.1) is 0 Å². The lowest BCUT2D eigenvalue weighted by molar-refractivity contribution is 0.294. The first-order chi connectivity index (χ1) is 14.6. The average Bonchev–Trinajstić information content (AvgIpc) is 3.33. The Morgan fingerprint density at radius 2 is 2.03 bits per heavy atom. The van der Waals surface area contributed by atoms with E-state index in [1.54, 1.807) is 23.7 Å². The molecule has 0 radical (unpaired) electrons. The Morgan fingerprint density at radius 1 is 1.17 bits per heavy atom. The molecule has 158 valence electrons. The van der Waals surface area contributed by atoms with Crippen molar-refractivity contribution < 1.29 is 8.42 Å². The number of aryl methyl sites for hydroxylation is 2. The van der Waals surface area contributed by atoms with Gasteiger partial charge in [0.15, 0.2) is 15.7 Å². The summed E-state index contributed by atoms with van der Waals surface area (Å²) in [5.41, 5.74) is 2.34. The maximum Gasteiger partial charge on any atom is 0.164 e. The van der Waals surface area contributed by atoms with Crippen molar-refractivity contribution >= 4 is 37.2 Å². The SMILES string of the molecule is O=S1(=O)CCN(CCCNc2nc(-c3cccnc3)nc3sc4c(c23)CCC4)CC1. The lowest BCUT2D eigenvalue weighted by Crippen LogP contribution is -2.41. The molecule has 1 aliphatic carbocycles. The number of thiophene rings is 1. The maximum atomic E-state index is 11.6. The van der Waals surface area contributed by atoms with Crippen LogP contribution in [0.5, 0.6) is 0 Å². The molecule has 0 bridgehead atoms. The van der Waals surface area contributed by atoms with Crippen molar-refractivity contribution in [3.05, 3.63) is 35.0 Å². The molecule has 2 aliphatic rings. The summed E-state index contributed by atoms with van der Waals surface area (Å²) in [6.07, 6.45) is 7.94. The van der Waals surface area contributed by atoms with Gasteiger partial charge in [-0.25, -0.2) is 18.4 Å². The smallest absolute Gasteiger partial charge is 0.164 e. The Hall–Kier alpha value is -2.10. The lowest BCUT2D eigenvalue weighted by atomic mass is 10.1. The summed E-state index contributed by atoms with van der Waals surface area (Å²) in [6, 6.07) is 3.90. The van der Waals surface area contributed by atoms with Gasteiger partial charge in [0.1, 0.15) is 10.6 Å². The molecule has 30 heavy (non-hydrogen) atoms. The average molecular weight is 444 g/mol. The summed E-state index contributed by atoms with van der Waals surface area (Å²) in [4.78, 5) is 18.7. The van der Waals surface area contributed by atoms with Crippen LogP contribution in [0.25, 0.3) is 21.6 Å². The van der Waals surface area contributed by atoms with E-state index in [0.717, 1.165) is 48.6 Å². The van der Waals surface area contributed by atoms with Gasteiger partial charge >= 0.3 is 0 Å². The second kappa shape index (κ2) is 8.20. The van der Waals surface area contributed by atoms with Crippen LogP contribution in [0.15, 0.2) is 24.5 Å². The van der Waals surface area contributed by atoms with Crippen LogP contribution in [-0.2, 0) is 22.7 Å². The number of sulfone groups is 1. The number of aromatic nitrogens is 3. The molecule has 1 saturated heterocycles. The Bertz CT molecular complexity index is 1150. The fraction of sp³-hybridized carbons (Fsp3) is 0.476. The molecule has 1 fully saturated rings. The zero-order valence-electron chi connectivity index (χ0n) is 16.8. The molecule has 0 unspecified atom stereocenters. The Labute approximate surface area is 180 Å². The van der Waals surface area contributed by atoms with Gasteiger partial charge in [-0.3, -0.25) is 4.98 Å². The van der Waals surface area contributed by atoms with E-state index in [1.807, 2.05) is 12.1 Å². The highest BCUT2D eigenvalue weighted by Gasteiger charge is 2.23. The van der Waals surface area contributed by atoms with Crippen LogP contribution in [0.1, 0.15) is 23.3 Å². The summed E-state index contributed by atoms with van der Waals surface area (Å²) < 4.78 is 23.2. The van der Waals surface area contributed by atoms with Crippen LogP contribution in [0.3, 0.4) is 0 Å². The first-order valence-corrected chi connectivity index (χ1v) is 13.1. The molecule has 1 aliphatic heterocycles. The topological polar surface area (TPSA) is 88.1 Å². The van der Waals surface area contributed by atoms with Gasteiger partial charge in [-0.15, -0.1) is 11.3 Å². The van der Waals surface area contributed by atoms with Crippen LogP contribution >= 0.6 is 11.3 Å². The quantitative estimate of drug-likeness (QED) is 0.586. The number of pyridine rings is 1. The Balaban J connectivity index is 1.34. The van der Waals surface area contributed by atoms with Crippen LogP contribution in [0.4, 0.5) is 5.82 Å². The number of hydrogen-bond acceptors (Lipinski definition) is 8. The minimum atomic E-state index is -2.82. The largest absolute Gasteiger partial charge is 0.369 e. The molecule has 3 aromatic heterocycles. The first kappa shape index (κ1) is 19.8. The van der Waals surface area contributed by atoms with E-state index in [1.165, 1.54) is 22.2 Å². The van der Waals surface area contributed by atoms with E-state index >= 15 is 0 Å². The van der Waals surface area contributed by atoms with Crippen molar-refractivity contribution in [2.24, 2.45) is 0 Å². The van der Waals surface area contributed by atoms with Crippen molar-refractivity contribution in [1.29, 1.82) is 0 Å². The molecule has 0 atom stereocenters. The number of nitrogens with zero attached hydrogens (tertiary/aromatic N) is 4. The van der Waals surface area contributed by atoms with Crippen molar-refractivity contribution in [2.75, 3.05) is 43.0 Å². The zero-order chi connectivity index (χ0) is 20.6. The third-order valence-electron chi connectivity index (χ3n) is 5.87. The number of nitrogens with one attached hydrogen (secondary N) is 1. The fourth-order valence-electron chi connectivity index (χ4n) is 4.23. The van der Waals surface area contributed by atoms with Gasteiger partial charge in [0, 0.05) is 42.5 Å². The molecule has 5 rings (SSSR count). The highest BCUT2D eigenvalue weighted by molar-refractivity contribution is 7.91. The van der Waals surface area contributed by atoms with Crippen molar-refractivity contribution in [2.45, 2.75) is 25.7 Å². The molecule has 9 heteroatoms. The number of rotatable bonds is 6. The van der Waals surface area contributed by atoms with Gasteiger partial charge in [0.05, 0.1) is 16.9 Å². The minimum absolute atomic E-state index is 0.280. The van der Waals surface area contributed by atoms with E-state index in [0.29, 0.717) is 18.9 Å². The minimum Gasteiger partial charge on any atom is -0.369 e. The van der Waals surface area contributed by atoms with Gasteiger partial charge in [0.25, 0.3) is 0 Å². The Kier molecular flexibility index (Phi) is 5.43. The third kappa shape index (κ3) is 4.06. The van der Waals surface area contributed by atoms with E-state index < -0.39 is 9.84 Å². The standard InChI is InChI=1S/C21H25N5O2S2/c27-30(28)12-10-26(11-13-30)9-3-8-23-20-18-16-5-1-6-17(16)29-21(18)25-19(24-20)15-4-2-7-22-14-15/h2,4,7,14H,1,3,5-6,8-13H2,(H,23,24,25). The lowest BCUT2D eigenvalue weighted by Gasteiger charge is -2.26. The van der Waals surface area contributed by atoms with Crippen molar-refractivity contribution in [1.82, 2.24) is 19.9 Å². The molecule has 4 heterocycles. The highest BCUT2D eigenvalue weighted by Crippen LogP contribution is 2.40. The van der Waals surface area contributed by atoms with Crippen LogP contribution in [0.2, 0.25) is 0 Å². The van der Waals surface area contributed by atoms with E-state index in [2.05, 4.69) is 15.2 Å². The van der Waals surface area contributed by atoms with E-state index in [-0.39, 0.29) is 11.5 Å². The predicted octanol–water partition coefficient (Wildman–Crippen LogP) is 2.77.